The molecule has 0 aliphatic carbocycles. The Morgan fingerprint density at radius 1 is 1.33 bits per heavy atom. The van der Waals surface area contributed by atoms with E-state index < -0.39 is 0 Å². The Morgan fingerprint density at radius 2 is 2.17 bits per heavy atom. The van der Waals surface area contributed by atoms with Crippen molar-refractivity contribution < 1.29 is 4.74 Å². The number of hydrogen-bond donors (Lipinski definition) is 1. The Hall–Kier alpha value is -0.860. The van der Waals surface area contributed by atoms with E-state index >= 15 is 0 Å². The van der Waals surface area contributed by atoms with E-state index in [9.17, 15) is 0 Å². The summed E-state index contributed by atoms with van der Waals surface area (Å²) in [4.78, 5) is 0. The summed E-state index contributed by atoms with van der Waals surface area (Å²) >= 11 is 0. The van der Waals surface area contributed by atoms with Crippen LogP contribution in [0.2, 0.25) is 0 Å². The molecule has 0 aromatic heterocycles. The second-order valence-corrected chi connectivity index (χ2v) is 5.11. The van der Waals surface area contributed by atoms with Gasteiger partial charge in [-0.3, -0.25) is 0 Å². The molecule has 18 heavy (non-hydrogen) atoms. The van der Waals surface area contributed by atoms with Gasteiger partial charge >= 0.3 is 0 Å². The molecule has 1 aromatic rings. The lowest BCUT2D eigenvalue weighted by atomic mass is 9.88. The molecule has 0 amide bonds. The van der Waals surface area contributed by atoms with Crippen molar-refractivity contribution in [3.05, 3.63) is 35.4 Å². The van der Waals surface area contributed by atoms with Crippen molar-refractivity contribution in [3.63, 3.8) is 0 Å². The zero-order valence-electron chi connectivity index (χ0n) is 11.6. The van der Waals surface area contributed by atoms with Gasteiger partial charge in [0.25, 0.3) is 0 Å². The van der Waals surface area contributed by atoms with Crippen molar-refractivity contribution in [1.29, 1.82) is 0 Å². The molecule has 1 aromatic carbocycles. The highest BCUT2D eigenvalue weighted by Crippen LogP contribution is 2.31. The lowest BCUT2D eigenvalue weighted by molar-refractivity contribution is 0.176. The van der Waals surface area contributed by atoms with Crippen LogP contribution in [0, 0.1) is 5.92 Å². The predicted molar refractivity (Wildman–Crippen MR) is 75.8 cm³/mol. The normalized spacial score (nSPS) is 21.1. The topological polar surface area (TPSA) is 21.3 Å². The Bertz CT molecular complexity index is 358. The van der Waals surface area contributed by atoms with Gasteiger partial charge in [-0.25, -0.2) is 0 Å². The van der Waals surface area contributed by atoms with Crippen LogP contribution in [0.4, 0.5) is 0 Å². The molecule has 100 valence electrons. The number of hydrogen-bond acceptors (Lipinski definition) is 2. The molecule has 0 spiro atoms. The van der Waals surface area contributed by atoms with Gasteiger partial charge in [-0.1, -0.05) is 38.1 Å². The fourth-order valence-corrected chi connectivity index (χ4v) is 2.81. The molecule has 0 radical (unpaired) electrons. The van der Waals surface area contributed by atoms with Crippen molar-refractivity contribution in [3.8, 4) is 0 Å². The first-order valence-corrected chi connectivity index (χ1v) is 7.25. The Labute approximate surface area is 111 Å². The van der Waals surface area contributed by atoms with Crippen LogP contribution in [0.1, 0.15) is 43.9 Å². The van der Waals surface area contributed by atoms with Gasteiger partial charge in [-0.15, -0.1) is 0 Å². The van der Waals surface area contributed by atoms with Crippen LogP contribution in [0.15, 0.2) is 24.3 Å². The summed E-state index contributed by atoms with van der Waals surface area (Å²) < 4.78 is 5.57. The molecular formula is C16H25NO. The number of rotatable bonds is 6. The van der Waals surface area contributed by atoms with Gasteiger partial charge < -0.3 is 10.1 Å². The third kappa shape index (κ3) is 3.12. The predicted octanol–water partition coefficient (Wildman–Crippen LogP) is 3.33. The van der Waals surface area contributed by atoms with Crippen LogP contribution >= 0.6 is 0 Å². The molecule has 2 atom stereocenters. The maximum absolute atomic E-state index is 5.57. The van der Waals surface area contributed by atoms with Crippen molar-refractivity contribution in [2.24, 2.45) is 5.92 Å². The number of ether oxygens (including phenoxy) is 1. The molecule has 1 N–H and O–H groups in total. The summed E-state index contributed by atoms with van der Waals surface area (Å²) in [7, 11) is 0. The molecule has 1 aliphatic rings. The van der Waals surface area contributed by atoms with Crippen LogP contribution in [-0.2, 0) is 11.2 Å². The minimum Gasteiger partial charge on any atom is -0.381 e. The molecule has 1 heterocycles. The molecule has 1 aliphatic heterocycles. The van der Waals surface area contributed by atoms with Crippen LogP contribution in [0.5, 0.6) is 0 Å². The molecular weight excluding hydrogens is 222 g/mol. The summed E-state index contributed by atoms with van der Waals surface area (Å²) in [5.41, 5.74) is 2.95. The molecule has 2 unspecified atom stereocenters. The van der Waals surface area contributed by atoms with Crippen LogP contribution in [0.25, 0.3) is 0 Å². The quantitative estimate of drug-likeness (QED) is 0.832. The monoisotopic (exact) mass is 247 g/mol. The molecule has 2 nitrogen and oxygen atoms in total. The maximum Gasteiger partial charge on any atom is 0.0513 e. The Balaban J connectivity index is 2.20. The second kappa shape index (κ2) is 6.91. The fourth-order valence-electron chi connectivity index (χ4n) is 2.81. The van der Waals surface area contributed by atoms with E-state index in [0.29, 0.717) is 12.0 Å². The van der Waals surface area contributed by atoms with Crippen molar-refractivity contribution >= 4 is 0 Å². The highest BCUT2D eigenvalue weighted by Gasteiger charge is 2.27. The molecule has 1 saturated heterocycles. The minimum atomic E-state index is 0.462. The largest absolute Gasteiger partial charge is 0.381 e. The number of aryl methyl sites for hydroxylation is 1. The van der Waals surface area contributed by atoms with Crippen molar-refractivity contribution in [1.82, 2.24) is 5.32 Å². The average molecular weight is 247 g/mol. The van der Waals surface area contributed by atoms with E-state index in [1.165, 1.54) is 24.0 Å². The van der Waals surface area contributed by atoms with Gasteiger partial charge in [0.1, 0.15) is 0 Å². The summed E-state index contributed by atoms with van der Waals surface area (Å²) in [6.07, 6.45) is 3.46. The summed E-state index contributed by atoms with van der Waals surface area (Å²) in [5, 5.41) is 3.72. The molecule has 2 heteroatoms. The molecule has 2 rings (SSSR count). The smallest absolute Gasteiger partial charge is 0.0513 e. The standard InChI is InChI=1S/C16H25NO/c1-3-10-17-16(14-9-11-18-12-14)15-8-6-5-7-13(15)4-2/h5-8,14,16-17H,3-4,9-12H2,1-2H3. The van der Waals surface area contributed by atoms with Gasteiger partial charge in [0, 0.05) is 18.6 Å². The van der Waals surface area contributed by atoms with Gasteiger partial charge in [-0.05, 0) is 36.9 Å². The molecule has 0 saturated carbocycles. The van der Waals surface area contributed by atoms with E-state index in [0.717, 1.165) is 26.2 Å². The highest BCUT2D eigenvalue weighted by atomic mass is 16.5. The van der Waals surface area contributed by atoms with E-state index in [-0.39, 0.29) is 0 Å². The third-order valence-electron chi connectivity index (χ3n) is 3.82. The first-order valence-electron chi connectivity index (χ1n) is 7.25. The first-order chi connectivity index (χ1) is 8.86. The summed E-state index contributed by atoms with van der Waals surface area (Å²) in [5.74, 6) is 0.629. The lowest BCUT2D eigenvalue weighted by Crippen LogP contribution is -2.30. The Morgan fingerprint density at radius 3 is 2.83 bits per heavy atom. The van der Waals surface area contributed by atoms with E-state index in [4.69, 9.17) is 4.74 Å². The average Bonchev–Trinajstić information content (AvgIpc) is 2.94. The maximum atomic E-state index is 5.57. The molecule has 1 fully saturated rings. The van der Waals surface area contributed by atoms with Crippen molar-refractivity contribution in [2.75, 3.05) is 19.8 Å². The number of benzene rings is 1. The zero-order chi connectivity index (χ0) is 12.8. The van der Waals surface area contributed by atoms with Crippen LogP contribution < -0.4 is 5.32 Å². The van der Waals surface area contributed by atoms with E-state index in [1.54, 1.807) is 0 Å². The highest BCUT2D eigenvalue weighted by molar-refractivity contribution is 5.30. The number of nitrogens with one attached hydrogen (secondary N) is 1. The third-order valence-corrected chi connectivity index (χ3v) is 3.82. The second-order valence-electron chi connectivity index (χ2n) is 5.11. The van der Waals surface area contributed by atoms with Gasteiger partial charge in [0.05, 0.1) is 6.61 Å². The Kier molecular flexibility index (Phi) is 5.21. The fraction of sp³-hybridized carbons (Fsp3) is 0.625. The summed E-state index contributed by atoms with van der Waals surface area (Å²) in [6, 6.07) is 9.30. The van der Waals surface area contributed by atoms with Gasteiger partial charge in [-0.2, -0.15) is 0 Å². The summed E-state index contributed by atoms with van der Waals surface area (Å²) in [6.45, 7) is 7.36. The SMILES string of the molecule is CCCNC(c1ccccc1CC)C1CCOC1. The van der Waals surface area contributed by atoms with Gasteiger partial charge in [0.15, 0.2) is 0 Å². The van der Waals surface area contributed by atoms with E-state index in [2.05, 4.69) is 43.4 Å². The lowest BCUT2D eigenvalue weighted by Gasteiger charge is -2.26. The first kappa shape index (κ1) is 13.6. The van der Waals surface area contributed by atoms with Gasteiger partial charge in [0.2, 0.25) is 0 Å². The van der Waals surface area contributed by atoms with Crippen molar-refractivity contribution in [2.45, 2.75) is 39.2 Å². The van der Waals surface area contributed by atoms with Crippen LogP contribution in [-0.4, -0.2) is 19.8 Å². The zero-order valence-corrected chi connectivity index (χ0v) is 11.6. The minimum absolute atomic E-state index is 0.462. The van der Waals surface area contributed by atoms with Crippen LogP contribution in [0.3, 0.4) is 0 Å². The molecule has 0 bridgehead atoms. The van der Waals surface area contributed by atoms with E-state index in [1.807, 2.05) is 0 Å².